The van der Waals surface area contributed by atoms with Gasteiger partial charge in [-0.3, -0.25) is 9.35 Å². The third-order valence-electron chi connectivity index (χ3n) is 2.30. The van der Waals surface area contributed by atoms with Gasteiger partial charge in [0.15, 0.2) is 5.69 Å². The molecular weight excluding hydrogens is 276 g/mol. The van der Waals surface area contributed by atoms with E-state index >= 15 is 0 Å². The van der Waals surface area contributed by atoms with Gasteiger partial charge in [0.1, 0.15) is 11.4 Å². The minimum absolute atomic E-state index is 0.0994. The number of aromatic amines is 1. The van der Waals surface area contributed by atoms with Gasteiger partial charge in [-0.2, -0.15) is 23.8 Å². The predicted molar refractivity (Wildman–Crippen MR) is 61.8 cm³/mol. The molecule has 5 N–H and O–H groups in total. The Morgan fingerprint density at radius 3 is 2.58 bits per heavy atom. The summed E-state index contributed by atoms with van der Waals surface area (Å²) in [6, 6.07) is 2.99. The molecule has 1 aromatic heterocycles. The van der Waals surface area contributed by atoms with Crippen LogP contribution in [0.15, 0.2) is 23.1 Å². The number of H-pyrrole nitrogens is 1. The zero-order valence-electron chi connectivity index (χ0n) is 9.23. The number of carbonyl (C=O) groups is 1. The third-order valence-corrected chi connectivity index (χ3v) is 3.15. The SMILES string of the molecule is NC(=O)c1n[nH]nc1-c1cc(S(=O)(=O)O)ccc1O. The van der Waals surface area contributed by atoms with E-state index in [0.717, 1.165) is 18.2 Å². The van der Waals surface area contributed by atoms with Crippen molar-refractivity contribution in [2.75, 3.05) is 0 Å². The van der Waals surface area contributed by atoms with E-state index in [2.05, 4.69) is 15.4 Å². The summed E-state index contributed by atoms with van der Waals surface area (Å²) in [6.07, 6.45) is 0. The fraction of sp³-hybridized carbons (Fsp3) is 0. The molecule has 0 aliphatic rings. The standard InChI is InChI=1S/C9H8N4O5S/c10-9(15)8-7(11-13-12-8)5-3-4(19(16,17)18)1-2-6(5)14/h1-3,14H,(H2,10,15)(H,11,12,13)(H,16,17,18). The maximum atomic E-state index is 11.1. The lowest BCUT2D eigenvalue weighted by atomic mass is 10.1. The van der Waals surface area contributed by atoms with E-state index in [0.29, 0.717) is 0 Å². The smallest absolute Gasteiger partial charge is 0.294 e. The molecule has 0 aliphatic carbocycles. The number of hydrogen-bond donors (Lipinski definition) is 4. The Morgan fingerprint density at radius 1 is 1.32 bits per heavy atom. The van der Waals surface area contributed by atoms with Crippen molar-refractivity contribution in [3.05, 3.63) is 23.9 Å². The molecule has 2 aromatic rings. The van der Waals surface area contributed by atoms with Crippen molar-refractivity contribution in [3.8, 4) is 17.0 Å². The van der Waals surface area contributed by atoms with Crippen LogP contribution in [-0.4, -0.2) is 39.4 Å². The van der Waals surface area contributed by atoms with Gasteiger partial charge in [0.05, 0.1) is 4.90 Å². The summed E-state index contributed by atoms with van der Waals surface area (Å²) >= 11 is 0. The fourth-order valence-corrected chi connectivity index (χ4v) is 1.96. The molecular formula is C9H8N4O5S. The number of phenolic OH excluding ortho intramolecular Hbond substituents is 1. The minimum atomic E-state index is -4.45. The molecule has 0 fully saturated rings. The van der Waals surface area contributed by atoms with Gasteiger partial charge in [0.2, 0.25) is 0 Å². The van der Waals surface area contributed by atoms with E-state index in [9.17, 15) is 18.3 Å². The molecule has 19 heavy (non-hydrogen) atoms. The lowest BCUT2D eigenvalue weighted by molar-refractivity contribution is 0.0996. The average molecular weight is 284 g/mol. The number of aromatic hydroxyl groups is 1. The Hall–Kier alpha value is -2.46. The Kier molecular flexibility index (Phi) is 2.96. The minimum Gasteiger partial charge on any atom is -0.507 e. The topological polar surface area (TPSA) is 159 Å². The first-order valence-electron chi connectivity index (χ1n) is 4.82. The molecule has 100 valence electrons. The monoisotopic (exact) mass is 284 g/mol. The Balaban J connectivity index is 2.68. The summed E-state index contributed by atoms with van der Waals surface area (Å²) in [5, 5.41) is 18.9. The van der Waals surface area contributed by atoms with Gasteiger partial charge in [0.25, 0.3) is 16.0 Å². The highest BCUT2D eigenvalue weighted by Crippen LogP contribution is 2.31. The Bertz CT molecular complexity index is 752. The number of amides is 1. The summed E-state index contributed by atoms with van der Waals surface area (Å²) in [7, 11) is -4.45. The van der Waals surface area contributed by atoms with Crippen LogP contribution in [0.4, 0.5) is 0 Å². The normalized spacial score (nSPS) is 11.4. The molecule has 0 radical (unpaired) electrons. The van der Waals surface area contributed by atoms with Crippen LogP contribution < -0.4 is 5.73 Å². The first kappa shape index (κ1) is 13.0. The number of hydrogen-bond acceptors (Lipinski definition) is 6. The summed E-state index contributed by atoms with van der Waals surface area (Å²) in [5.41, 5.74) is 4.58. The molecule has 10 heteroatoms. The van der Waals surface area contributed by atoms with Gasteiger partial charge in [-0.05, 0) is 18.2 Å². The number of carbonyl (C=O) groups excluding carboxylic acids is 1. The van der Waals surface area contributed by atoms with E-state index in [1.807, 2.05) is 0 Å². The predicted octanol–water partition coefficient (Wildman–Crippen LogP) is -0.477. The van der Waals surface area contributed by atoms with Crippen LogP contribution >= 0.6 is 0 Å². The molecule has 0 atom stereocenters. The van der Waals surface area contributed by atoms with Crippen molar-refractivity contribution in [1.29, 1.82) is 0 Å². The highest BCUT2D eigenvalue weighted by Gasteiger charge is 2.20. The lowest BCUT2D eigenvalue weighted by Crippen LogP contribution is -2.12. The molecule has 0 aliphatic heterocycles. The van der Waals surface area contributed by atoms with Crippen molar-refractivity contribution >= 4 is 16.0 Å². The third kappa shape index (κ3) is 2.39. The maximum Gasteiger partial charge on any atom is 0.294 e. The van der Waals surface area contributed by atoms with E-state index in [1.165, 1.54) is 0 Å². The van der Waals surface area contributed by atoms with E-state index < -0.39 is 20.9 Å². The fourth-order valence-electron chi connectivity index (χ4n) is 1.46. The zero-order chi connectivity index (χ0) is 14.2. The average Bonchev–Trinajstić information content (AvgIpc) is 2.76. The highest BCUT2D eigenvalue weighted by atomic mass is 32.2. The van der Waals surface area contributed by atoms with Crippen molar-refractivity contribution in [2.24, 2.45) is 5.73 Å². The van der Waals surface area contributed by atoms with Crippen LogP contribution in [0.5, 0.6) is 5.75 Å². The zero-order valence-corrected chi connectivity index (χ0v) is 10.0. The summed E-state index contributed by atoms with van der Waals surface area (Å²) in [4.78, 5) is 10.6. The molecule has 2 rings (SSSR count). The van der Waals surface area contributed by atoms with E-state index in [-0.39, 0.29) is 22.7 Å². The van der Waals surface area contributed by atoms with E-state index in [4.69, 9.17) is 10.3 Å². The molecule has 0 bridgehead atoms. The first-order chi connectivity index (χ1) is 8.80. The van der Waals surface area contributed by atoms with Crippen LogP contribution in [0.25, 0.3) is 11.3 Å². The van der Waals surface area contributed by atoms with Crippen LogP contribution in [0, 0.1) is 0 Å². The van der Waals surface area contributed by atoms with Crippen LogP contribution in [0.3, 0.4) is 0 Å². The maximum absolute atomic E-state index is 11.1. The van der Waals surface area contributed by atoms with Crippen LogP contribution in [-0.2, 0) is 10.1 Å². The number of nitrogens with one attached hydrogen (secondary N) is 1. The summed E-state index contributed by atoms with van der Waals surface area (Å²) in [6.45, 7) is 0. The molecule has 1 aromatic carbocycles. The van der Waals surface area contributed by atoms with Crippen molar-refractivity contribution in [1.82, 2.24) is 15.4 Å². The number of nitrogens with zero attached hydrogens (tertiary/aromatic N) is 2. The van der Waals surface area contributed by atoms with Crippen LogP contribution in [0.2, 0.25) is 0 Å². The number of phenols is 1. The van der Waals surface area contributed by atoms with Crippen molar-refractivity contribution < 1.29 is 22.9 Å². The molecule has 0 spiro atoms. The van der Waals surface area contributed by atoms with E-state index in [1.54, 1.807) is 0 Å². The van der Waals surface area contributed by atoms with Gasteiger partial charge in [0, 0.05) is 5.56 Å². The van der Waals surface area contributed by atoms with Crippen molar-refractivity contribution in [3.63, 3.8) is 0 Å². The molecule has 1 heterocycles. The second-order valence-corrected chi connectivity index (χ2v) is 4.96. The number of benzene rings is 1. The van der Waals surface area contributed by atoms with Gasteiger partial charge in [-0.1, -0.05) is 0 Å². The highest BCUT2D eigenvalue weighted by molar-refractivity contribution is 7.85. The second-order valence-electron chi connectivity index (χ2n) is 3.54. The number of aromatic nitrogens is 3. The number of nitrogens with two attached hydrogens (primary N) is 1. The molecule has 0 saturated heterocycles. The molecule has 0 unspecified atom stereocenters. The van der Waals surface area contributed by atoms with Gasteiger partial charge < -0.3 is 10.8 Å². The summed E-state index contributed by atoms with van der Waals surface area (Å²) in [5.74, 6) is -1.25. The van der Waals surface area contributed by atoms with Crippen LogP contribution in [0.1, 0.15) is 10.5 Å². The quantitative estimate of drug-likeness (QED) is 0.554. The first-order valence-corrected chi connectivity index (χ1v) is 6.26. The lowest BCUT2D eigenvalue weighted by Gasteiger charge is -2.04. The Morgan fingerprint density at radius 2 is 2.00 bits per heavy atom. The van der Waals surface area contributed by atoms with Crippen molar-refractivity contribution in [2.45, 2.75) is 4.90 Å². The molecule has 1 amide bonds. The number of primary amides is 1. The summed E-state index contributed by atoms with van der Waals surface area (Å²) < 4.78 is 31.0. The molecule has 9 nitrogen and oxygen atoms in total. The largest absolute Gasteiger partial charge is 0.507 e. The van der Waals surface area contributed by atoms with Gasteiger partial charge in [-0.15, -0.1) is 0 Å². The Labute approximate surface area is 106 Å². The molecule has 0 saturated carbocycles. The van der Waals surface area contributed by atoms with Gasteiger partial charge >= 0.3 is 0 Å². The second kappa shape index (κ2) is 4.33. The number of rotatable bonds is 3. The van der Waals surface area contributed by atoms with Gasteiger partial charge in [-0.25, -0.2) is 0 Å².